The zero-order valence-electron chi connectivity index (χ0n) is 21.0. The molecule has 1 aromatic carbocycles. The van der Waals surface area contributed by atoms with E-state index in [1.54, 1.807) is 4.90 Å². The molecule has 196 valence electrons. The highest BCUT2D eigenvalue weighted by Gasteiger charge is 2.44. The Morgan fingerprint density at radius 3 is 2.81 bits per heavy atom. The van der Waals surface area contributed by atoms with Crippen molar-refractivity contribution in [3.63, 3.8) is 0 Å². The molecule has 5 rings (SSSR count). The lowest BCUT2D eigenvalue weighted by Gasteiger charge is -2.47. The van der Waals surface area contributed by atoms with Gasteiger partial charge >= 0.3 is 0 Å². The molecule has 1 aromatic rings. The predicted octanol–water partition coefficient (Wildman–Crippen LogP) is 3.70. The molecule has 0 radical (unpaired) electrons. The summed E-state index contributed by atoms with van der Waals surface area (Å²) in [7, 11) is 0. The maximum absolute atomic E-state index is 13.2. The highest BCUT2D eigenvalue weighted by Crippen LogP contribution is 2.40. The van der Waals surface area contributed by atoms with Crippen LogP contribution in [0.25, 0.3) is 0 Å². The Morgan fingerprint density at radius 2 is 2.06 bits per heavy atom. The van der Waals surface area contributed by atoms with Gasteiger partial charge in [0, 0.05) is 39.7 Å². The molecule has 0 saturated carbocycles. The summed E-state index contributed by atoms with van der Waals surface area (Å²) in [6.45, 7) is 5.84. The molecule has 10 heteroatoms. The lowest BCUT2D eigenvalue weighted by Crippen LogP contribution is -2.62. The third-order valence-corrected chi connectivity index (χ3v) is 10.4. The van der Waals surface area contributed by atoms with Crippen molar-refractivity contribution in [1.29, 1.82) is 0 Å². The summed E-state index contributed by atoms with van der Waals surface area (Å²) in [4.78, 5) is 41.5. The smallest absolute Gasteiger partial charge is 0.255 e. The van der Waals surface area contributed by atoms with Gasteiger partial charge in [-0.15, -0.1) is 11.8 Å². The summed E-state index contributed by atoms with van der Waals surface area (Å²) in [5, 5.41) is 10.6. The van der Waals surface area contributed by atoms with Gasteiger partial charge in [-0.1, -0.05) is 26.7 Å². The summed E-state index contributed by atoms with van der Waals surface area (Å²) in [6.07, 6.45) is 6.84. The minimum absolute atomic E-state index is 0.120. The second-order valence-corrected chi connectivity index (χ2v) is 12.7. The normalized spacial score (nSPS) is 29.2. The van der Waals surface area contributed by atoms with Crippen LogP contribution in [0.3, 0.4) is 0 Å². The van der Waals surface area contributed by atoms with Gasteiger partial charge in [-0.25, -0.2) is 0 Å². The van der Waals surface area contributed by atoms with Gasteiger partial charge in [-0.2, -0.15) is 0 Å². The zero-order valence-corrected chi connectivity index (χ0v) is 24.0. The number of benzene rings is 1. The molecule has 0 aromatic heterocycles. The molecule has 8 nitrogen and oxygen atoms in total. The van der Waals surface area contributed by atoms with Crippen LogP contribution in [0, 0.1) is 9.49 Å². The van der Waals surface area contributed by atoms with Gasteiger partial charge in [0.25, 0.3) is 5.91 Å². The van der Waals surface area contributed by atoms with Crippen LogP contribution < -0.4 is 16.0 Å². The Hall–Kier alpha value is -1.37. The number of nitrogens with one attached hydrogen (secondary N) is 3. The van der Waals surface area contributed by atoms with Gasteiger partial charge in [0.1, 0.15) is 6.04 Å². The fourth-order valence-corrected chi connectivity index (χ4v) is 8.14. The van der Waals surface area contributed by atoms with E-state index in [0.717, 1.165) is 27.9 Å². The third-order valence-electron chi connectivity index (χ3n) is 8.12. The van der Waals surface area contributed by atoms with Crippen LogP contribution in [-0.4, -0.2) is 63.6 Å². The third kappa shape index (κ3) is 5.02. The van der Waals surface area contributed by atoms with E-state index in [1.165, 1.54) is 31.4 Å². The summed E-state index contributed by atoms with van der Waals surface area (Å²) >= 11 is 4.36. The van der Waals surface area contributed by atoms with Crippen molar-refractivity contribution in [3.05, 3.63) is 26.8 Å². The number of anilines is 1. The van der Waals surface area contributed by atoms with Crippen LogP contribution in [0.15, 0.2) is 12.1 Å². The predicted molar refractivity (Wildman–Crippen MR) is 150 cm³/mol. The molecule has 4 aliphatic heterocycles. The number of rotatable bonds is 8. The molecule has 0 spiro atoms. The van der Waals surface area contributed by atoms with Gasteiger partial charge < -0.3 is 10.2 Å². The number of thioether (sulfide) groups is 1. The topological polar surface area (TPSA) is 93.8 Å². The van der Waals surface area contributed by atoms with Crippen molar-refractivity contribution in [2.75, 3.05) is 17.7 Å². The van der Waals surface area contributed by atoms with E-state index in [-0.39, 0.29) is 30.3 Å². The average molecular weight is 626 g/mol. The highest BCUT2D eigenvalue weighted by molar-refractivity contribution is 14.1. The highest BCUT2D eigenvalue weighted by atomic mass is 127. The number of halogens is 1. The van der Waals surface area contributed by atoms with Crippen LogP contribution in [-0.2, 0) is 16.1 Å². The maximum atomic E-state index is 13.2. The lowest BCUT2D eigenvalue weighted by atomic mass is 9.95. The Labute approximate surface area is 231 Å². The van der Waals surface area contributed by atoms with Crippen molar-refractivity contribution in [3.8, 4) is 0 Å². The largest absolute Gasteiger partial charge is 0.368 e. The average Bonchev–Trinajstić information content (AvgIpc) is 3.46. The molecule has 3 amide bonds. The van der Waals surface area contributed by atoms with Gasteiger partial charge in [0.15, 0.2) is 0 Å². The number of carbonyl (C=O) groups excluding carboxylic acids is 3. The quantitative estimate of drug-likeness (QED) is 0.300. The van der Waals surface area contributed by atoms with Crippen molar-refractivity contribution < 1.29 is 14.4 Å². The Morgan fingerprint density at radius 1 is 1.22 bits per heavy atom. The zero-order chi connectivity index (χ0) is 25.4. The molecule has 4 aliphatic rings. The van der Waals surface area contributed by atoms with E-state index < -0.39 is 6.04 Å². The summed E-state index contributed by atoms with van der Waals surface area (Å²) < 4.78 is 1.02. The van der Waals surface area contributed by atoms with Crippen molar-refractivity contribution >= 4 is 57.8 Å². The van der Waals surface area contributed by atoms with E-state index in [4.69, 9.17) is 0 Å². The van der Waals surface area contributed by atoms with Gasteiger partial charge in [0.2, 0.25) is 11.8 Å². The number of amides is 3. The van der Waals surface area contributed by atoms with Gasteiger partial charge in [-0.3, -0.25) is 29.9 Å². The van der Waals surface area contributed by atoms with E-state index in [9.17, 15) is 14.4 Å². The van der Waals surface area contributed by atoms with Gasteiger partial charge in [0.05, 0.1) is 18.2 Å². The first-order valence-electron chi connectivity index (χ1n) is 13.3. The standard InChI is InChI=1S/C26H36IN5O3S/c1-3-5-6-16(4-2)32-14-28-25-17(9-10-36-25)23(32)29-20-11-15-13-31(26(35)18(15)12-19(20)27)21-7-8-22(33)30-24(21)34/h11-12,16-17,21,23,25,28-29H,3-10,13-14H2,1-2H3,(H,30,33,34). The molecular weight excluding hydrogens is 589 g/mol. The molecule has 3 saturated heterocycles. The van der Waals surface area contributed by atoms with E-state index in [0.29, 0.717) is 35.9 Å². The van der Waals surface area contributed by atoms with Crippen LogP contribution in [0.5, 0.6) is 0 Å². The second-order valence-electron chi connectivity index (χ2n) is 10.3. The lowest BCUT2D eigenvalue weighted by molar-refractivity contribution is -0.136. The molecule has 4 heterocycles. The first-order valence-corrected chi connectivity index (χ1v) is 15.4. The fourth-order valence-electron chi connectivity index (χ4n) is 6.13. The molecular formula is C26H36IN5O3S. The van der Waals surface area contributed by atoms with E-state index in [1.807, 2.05) is 17.8 Å². The number of carbonyl (C=O) groups is 3. The number of hydrogen-bond donors (Lipinski definition) is 3. The molecule has 5 unspecified atom stereocenters. The van der Waals surface area contributed by atoms with Crippen LogP contribution >= 0.6 is 34.4 Å². The van der Waals surface area contributed by atoms with Crippen LogP contribution in [0.2, 0.25) is 0 Å². The number of nitrogens with zero attached hydrogens (tertiary/aromatic N) is 2. The number of unbranched alkanes of at least 4 members (excludes halogenated alkanes) is 1. The number of hydrogen-bond acceptors (Lipinski definition) is 7. The summed E-state index contributed by atoms with van der Waals surface area (Å²) in [6, 6.07) is 4.02. The molecule has 5 atom stereocenters. The van der Waals surface area contributed by atoms with E-state index in [2.05, 4.69) is 63.4 Å². The van der Waals surface area contributed by atoms with E-state index >= 15 is 0 Å². The van der Waals surface area contributed by atoms with Crippen molar-refractivity contribution in [2.45, 2.75) is 89.0 Å². The number of imide groups is 1. The Balaban J connectivity index is 1.39. The summed E-state index contributed by atoms with van der Waals surface area (Å²) in [5.74, 6) is 0.945. The summed E-state index contributed by atoms with van der Waals surface area (Å²) in [5.41, 5.74) is 2.68. The first-order chi connectivity index (χ1) is 17.4. The molecule has 36 heavy (non-hydrogen) atoms. The number of piperidine rings is 1. The molecule has 3 fully saturated rings. The monoisotopic (exact) mass is 625 g/mol. The van der Waals surface area contributed by atoms with Gasteiger partial charge in [-0.05, 0) is 71.7 Å². The number of fused-ring (bicyclic) bond motifs is 2. The molecule has 0 bridgehead atoms. The fraction of sp³-hybridized carbons (Fsp3) is 0.654. The SMILES string of the molecule is CCCCC(CC)N1CNC2SCCC2C1Nc1cc2c(cc1I)C(=O)N(C1CCC(=O)NC1=O)C2. The molecule has 3 N–H and O–H groups in total. The first kappa shape index (κ1) is 26.2. The Bertz CT molecular complexity index is 1040. The van der Waals surface area contributed by atoms with Crippen LogP contribution in [0.1, 0.15) is 74.7 Å². The molecule has 0 aliphatic carbocycles. The minimum Gasteiger partial charge on any atom is -0.368 e. The maximum Gasteiger partial charge on any atom is 0.255 e. The minimum atomic E-state index is -0.586. The Kier molecular flexibility index (Phi) is 8.14. The van der Waals surface area contributed by atoms with Crippen molar-refractivity contribution in [2.24, 2.45) is 5.92 Å². The van der Waals surface area contributed by atoms with Crippen molar-refractivity contribution in [1.82, 2.24) is 20.4 Å². The van der Waals surface area contributed by atoms with Crippen LogP contribution in [0.4, 0.5) is 5.69 Å². The second kappa shape index (κ2) is 11.2.